The van der Waals surface area contributed by atoms with Gasteiger partial charge in [-0.2, -0.15) is 0 Å². The fourth-order valence-corrected chi connectivity index (χ4v) is 2.80. The molecular weight excluding hydrogens is 270 g/mol. The van der Waals surface area contributed by atoms with Crippen molar-refractivity contribution in [2.45, 2.75) is 37.8 Å². The van der Waals surface area contributed by atoms with Crippen molar-refractivity contribution in [2.24, 2.45) is 0 Å². The van der Waals surface area contributed by atoms with Gasteiger partial charge in [-0.25, -0.2) is 8.78 Å². The molecule has 0 radical (unpaired) electrons. The summed E-state index contributed by atoms with van der Waals surface area (Å²) in [7, 11) is 0. The first-order chi connectivity index (χ1) is 9.43. The number of aliphatic hydroxyl groups is 1. The van der Waals surface area contributed by atoms with Crippen LogP contribution in [0.15, 0.2) is 0 Å². The summed E-state index contributed by atoms with van der Waals surface area (Å²) in [5, 5.41) is 10.1. The first-order valence-electron chi connectivity index (χ1n) is 7.08. The summed E-state index contributed by atoms with van der Waals surface area (Å²) in [6, 6.07) is -0.239. The molecule has 2 saturated heterocycles. The number of halogens is 2. The number of hydrogen-bond donors (Lipinski definition) is 1. The van der Waals surface area contributed by atoms with E-state index in [9.17, 15) is 18.7 Å². The lowest BCUT2D eigenvalue weighted by atomic mass is 10.0. The van der Waals surface area contributed by atoms with Gasteiger partial charge >= 0.3 is 0 Å². The van der Waals surface area contributed by atoms with E-state index in [1.165, 1.54) is 0 Å². The molecule has 0 spiro atoms. The molecule has 0 aromatic rings. The second-order valence-electron chi connectivity index (χ2n) is 5.46. The molecule has 1 amide bonds. The minimum Gasteiger partial charge on any atom is -0.390 e. The molecule has 0 bridgehead atoms. The van der Waals surface area contributed by atoms with Crippen molar-refractivity contribution in [3.05, 3.63) is 0 Å². The fraction of sp³-hybridized carbons (Fsp3) is 0.923. The van der Waals surface area contributed by atoms with Crippen LogP contribution in [0.5, 0.6) is 0 Å². The molecule has 2 heterocycles. The van der Waals surface area contributed by atoms with E-state index in [2.05, 4.69) is 0 Å². The number of β-amino-alcohol motifs (C(OH)–C–C–N with tert-alkyl or cyclic N) is 1. The molecule has 7 heteroatoms. The zero-order valence-corrected chi connectivity index (χ0v) is 11.7. The smallest absolute Gasteiger partial charge is 0.250 e. The number of carbonyl (C=O) groups excluding carboxylic acids is 1. The third-order valence-corrected chi connectivity index (χ3v) is 4.04. The molecule has 0 saturated carbocycles. The second kappa shape index (κ2) is 6.32. The zero-order valence-electron chi connectivity index (χ0n) is 11.7. The number of carbonyl (C=O) groups is 1. The van der Waals surface area contributed by atoms with Crippen molar-refractivity contribution in [1.29, 1.82) is 0 Å². The van der Waals surface area contributed by atoms with E-state index in [0.717, 1.165) is 0 Å². The summed E-state index contributed by atoms with van der Waals surface area (Å²) < 4.78 is 31.3. The van der Waals surface area contributed by atoms with E-state index in [0.29, 0.717) is 13.2 Å². The largest absolute Gasteiger partial charge is 0.390 e. The van der Waals surface area contributed by atoms with Gasteiger partial charge in [0.2, 0.25) is 5.91 Å². The minimum absolute atomic E-state index is 0.00795. The van der Waals surface area contributed by atoms with Crippen LogP contribution in [0.4, 0.5) is 8.78 Å². The molecule has 1 N–H and O–H groups in total. The topological polar surface area (TPSA) is 53.0 Å². The van der Waals surface area contributed by atoms with Crippen LogP contribution in [0, 0.1) is 0 Å². The van der Waals surface area contributed by atoms with E-state index in [4.69, 9.17) is 4.74 Å². The molecular formula is C13H22F2N2O3. The van der Waals surface area contributed by atoms with Crippen LogP contribution in [-0.2, 0) is 9.53 Å². The summed E-state index contributed by atoms with van der Waals surface area (Å²) in [6.45, 7) is 3.45. The number of nitrogens with zero attached hydrogens (tertiary/aromatic N) is 2. The first-order valence-corrected chi connectivity index (χ1v) is 7.08. The van der Waals surface area contributed by atoms with Gasteiger partial charge in [-0.3, -0.25) is 9.69 Å². The van der Waals surface area contributed by atoms with Crippen LogP contribution in [0.2, 0.25) is 0 Å². The molecule has 0 unspecified atom stereocenters. The van der Waals surface area contributed by atoms with Crippen LogP contribution in [-0.4, -0.2) is 78.3 Å². The van der Waals surface area contributed by atoms with Crippen LogP contribution >= 0.6 is 0 Å². The summed E-state index contributed by atoms with van der Waals surface area (Å²) in [5.41, 5.74) is 0. The maximum atomic E-state index is 13.1. The third kappa shape index (κ3) is 3.65. The Balaban J connectivity index is 1.86. The number of hydrogen-bond acceptors (Lipinski definition) is 4. The van der Waals surface area contributed by atoms with Crippen molar-refractivity contribution < 1.29 is 23.4 Å². The number of rotatable bonds is 4. The van der Waals surface area contributed by atoms with E-state index >= 15 is 0 Å². The predicted molar refractivity (Wildman–Crippen MR) is 68.6 cm³/mol. The third-order valence-electron chi connectivity index (χ3n) is 4.04. The van der Waals surface area contributed by atoms with Gasteiger partial charge in [0.15, 0.2) is 0 Å². The highest BCUT2D eigenvalue weighted by atomic mass is 19.3. The van der Waals surface area contributed by atoms with E-state index in [1.54, 1.807) is 4.90 Å². The Morgan fingerprint density at radius 3 is 2.60 bits per heavy atom. The van der Waals surface area contributed by atoms with Gasteiger partial charge in [0.05, 0.1) is 12.1 Å². The van der Waals surface area contributed by atoms with E-state index < -0.39 is 12.0 Å². The highest BCUT2D eigenvalue weighted by molar-refractivity contribution is 5.77. The van der Waals surface area contributed by atoms with Crippen molar-refractivity contribution in [3.63, 3.8) is 0 Å². The molecule has 2 aliphatic rings. The Hall–Kier alpha value is -0.790. The van der Waals surface area contributed by atoms with Gasteiger partial charge in [0.25, 0.3) is 5.92 Å². The van der Waals surface area contributed by atoms with Crippen molar-refractivity contribution in [2.75, 3.05) is 39.4 Å². The summed E-state index contributed by atoms with van der Waals surface area (Å²) in [4.78, 5) is 15.3. The van der Waals surface area contributed by atoms with Gasteiger partial charge in [0, 0.05) is 45.6 Å². The Morgan fingerprint density at radius 2 is 2.00 bits per heavy atom. The standard InChI is InChI=1S/C13H22F2N2O3/c1-2-20-9-12(19)17-7-10(11(18)8-17)16-5-3-13(14,15)4-6-16/h10-11,18H,2-9H2,1H3/t10-,11-/m1/s1. The van der Waals surface area contributed by atoms with Gasteiger partial charge in [-0.05, 0) is 6.92 Å². The monoisotopic (exact) mass is 292 g/mol. The number of amides is 1. The first kappa shape index (κ1) is 15.6. The summed E-state index contributed by atoms with van der Waals surface area (Å²) in [6.07, 6.45) is -1.03. The van der Waals surface area contributed by atoms with E-state index in [1.807, 2.05) is 11.8 Å². The fourth-order valence-electron chi connectivity index (χ4n) is 2.80. The average Bonchev–Trinajstić information content (AvgIpc) is 2.78. The van der Waals surface area contributed by atoms with Crippen LogP contribution in [0.25, 0.3) is 0 Å². The molecule has 20 heavy (non-hydrogen) atoms. The molecule has 2 aliphatic heterocycles. The van der Waals surface area contributed by atoms with E-state index in [-0.39, 0.29) is 51.0 Å². The molecule has 2 fully saturated rings. The molecule has 2 rings (SSSR count). The lowest BCUT2D eigenvalue weighted by Gasteiger charge is -2.36. The van der Waals surface area contributed by atoms with Crippen LogP contribution < -0.4 is 0 Å². The van der Waals surface area contributed by atoms with Gasteiger partial charge in [-0.15, -0.1) is 0 Å². The van der Waals surface area contributed by atoms with Gasteiger partial charge < -0.3 is 14.7 Å². The van der Waals surface area contributed by atoms with Crippen molar-refractivity contribution in [1.82, 2.24) is 9.80 Å². The SMILES string of the molecule is CCOCC(=O)N1C[C@@H](O)[C@H](N2CCC(F)(F)CC2)C1. The lowest BCUT2D eigenvalue weighted by Crippen LogP contribution is -2.49. The number of ether oxygens (including phenoxy) is 1. The van der Waals surface area contributed by atoms with Gasteiger partial charge in [-0.1, -0.05) is 0 Å². The van der Waals surface area contributed by atoms with Crippen LogP contribution in [0.1, 0.15) is 19.8 Å². The number of likely N-dealkylation sites (tertiary alicyclic amines) is 2. The van der Waals surface area contributed by atoms with Crippen LogP contribution in [0.3, 0.4) is 0 Å². The molecule has 116 valence electrons. The van der Waals surface area contributed by atoms with Gasteiger partial charge in [0.1, 0.15) is 6.61 Å². The quantitative estimate of drug-likeness (QED) is 0.811. The highest BCUT2D eigenvalue weighted by Crippen LogP contribution is 2.30. The molecule has 0 aliphatic carbocycles. The Kier molecular flexibility index (Phi) is 4.93. The zero-order chi connectivity index (χ0) is 14.8. The van der Waals surface area contributed by atoms with Crippen molar-refractivity contribution in [3.8, 4) is 0 Å². The maximum absolute atomic E-state index is 13.1. The maximum Gasteiger partial charge on any atom is 0.250 e. The Morgan fingerprint density at radius 1 is 1.35 bits per heavy atom. The minimum atomic E-state index is -2.59. The second-order valence-corrected chi connectivity index (χ2v) is 5.46. The molecule has 5 nitrogen and oxygen atoms in total. The Bertz CT molecular complexity index is 345. The predicted octanol–water partition coefficient (Wildman–Crippen LogP) is 0.326. The average molecular weight is 292 g/mol. The lowest BCUT2D eigenvalue weighted by molar-refractivity contribution is -0.135. The summed E-state index contributed by atoms with van der Waals surface area (Å²) >= 11 is 0. The molecule has 2 atom stereocenters. The Labute approximate surface area is 117 Å². The number of aliphatic hydroxyl groups excluding tert-OH is 1. The van der Waals surface area contributed by atoms with Crippen molar-refractivity contribution >= 4 is 5.91 Å². The molecule has 0 aromatic heterocycles. The normalized spacial score (nSPS) is 30.7. The highest BCUT2D eigenvalue weighted by Gasteiger charge is 2.42. The number of alkyl halides is 2. The molecule has 0 aromatic carbocycles. The summed E-state index contributed by atoms with van der Waals surface area (Å²) in [5.74, 6) is -2.75. The number of piperidine rings is 1.